The second-order valence-corrected chi connectivity index (χ2v) is 5.98. The summed E-state index contributed by atoms with van der Waals surface area (Å²) in [5.41, 5.74) is -0.494. The highest BCUT2D eigenvalue weighted by Gasteiger charge is 2.39. The summed E-state index contributed by atoms with van der Waals surface area (Å²) in [5, 5.41) is 13.3. The number of β-amino-alcohol motifs (C(OH)–C–C–N with tert-alkyl or cyclic N) is 1. The summed E-state index contributed by atoms with van der Waals surface area (Å²) in [6.07, 6.45) is 3.28. The minimum absolute atomic E-state index is 0.0521. The van der Waals surface area contributed by atoms with Crippen LogP contribution in [0.1, 0.15) is 20.8 Å². The largest absolute Gasteiger partial charge is 0.444 e. The third kappa shape index (κ3) is 3.03. The number of aliphatic hydroxyl groups is 1. The van der Waals surface area contributed by atoms with Crippen molar-refractivity contribution < 1.29 is 14.6 Å². The van der Waals surface area contributed by atoms with Gasteiger partial charge in [0.2, 0.25) is 0 Å². The average Bonchev–Trinajstić information content (AvgIpc) is 2.82. The smallest absolute Gasteiger partial charge is 0.410 e. The van der Waals surface area contributed by atoms with E-state index < -0.39 is 11.7 Å². The molecule has 1 saturated heterocycles. The van der Waals surface area contributed by atoms with E-state index >= 15 is 0 Å². The topological polar surface area (TPSA) is 61.8 Å². The van der Waals surface area contributed by atoms with Gasteiger partial charge >= 0.3 is 6.09 Å². The molecule has 0 aromatic rings. The molecule has 0 saturated carbocycles. The van der Waals surface area contributed by atoms with Gasteiger partial charge in [0.05, 0.1) is 12.6 Å². The van der Waals surface area contributed by atoms with Crippen molar-refractivity contribution in [2.45, 2.75) is 38.5 Å². The van der Waals surface area contributed by atoms with Crippen LogP contribution in [0.3, 0.4) is 0 Å². The summed E-state index contributed by atoms with van der Waals surface area (Å²) < 4.78 is 5.32. The average molecular weight is 254 g/mol. The molecule has 102 valence electrons. The lowest BCUT2D eigenvalue weighted by Gasteiger charge is -2.24. The Morgan fingerprint density at radius 2 is 2.17 bits per heavy atom. The quantitative estimate of drug-likeness (QED) is 0.678. The Morgan fingerprint density at radius 3 is 2.72 bits per heavy atom. The molecule has 3 atom stereocenters. The molecule has 0 radical (unpaired) electrons. The van der Waals surface area contributed by atoms with Gasteiger partial charge in [0, 0.05) is 25.0 Å². The lowest BCUT2D eigenvalue weighted by atomic mass is 9.97. The summed E-state index contributed by atoms with van der Waals surface area (Å²) in [4.78, 5) is 13.5. The van der Waals surface area contributed by atoms with Crippen LogP contribution >= 0.6 is 0 Å². The monoisotopic (exact) mass is 254 g/mol. The van der Waals surface area contributed by atoms with E-state index in [0.29, 0.717) is 13.1 Å². The van der Waals surface area contributed by atoms with Crippen LogP contribution in [0, 0.1) is 5.92 Å². The summed E-state index contributed by atoms with van der Waals surface area (Å²) in [5.74, 6) is 0.0521. The van der Waals surface area contributed by atoms with Gasteiger partial charge in [-0.1, -0.05) is 12.2 Å². The van der Waals surface area contributed by atoms with Crippen LogP contribution in [0.4, 0.5) is 4.79 Å². The first-order chi connectivity index (χ1) is 8.37. The number of aliphatic hydroxyl groups excluding tert-OH is 1. The molecule has 2 heterocycles. The molecule has 0 spiro atoms. The summed E-state index contributed by atoms with van der Waals surface area (Å²) in [6.45, 7) is 7.26. The lowest BCUT2D eigenvalue weighted by molar-refractivity contribution is 0.0269. The fraction of sp³-hybridized carbons (Fsp3) is 0.769. The number of nitrogens with one attached hydrogen (secondary N) is 1. The highest BCUT2D eigenvalue weighted by molar-refractivity contribution is 5.68. The van der Waals surface area contributed by atoms with Crippen molar-refractivity contribution in [3.8, 4) is 0 Å². The van der Waals surface area contributed by atoms with Crippen LogP contribution in [0.5, 0.6) is 0 Å². The third-order valence-corrected chi connectivity index (χ3v) is 3.26. The molecule has 3 unspecified atom stereocenters. The molecule has 0 aliphatic carbocycles. The summed E-state index contributed by atoms with van der Waals surface area (Å²) in [6, 6.07) is 0.160. The molecule has 0 aromatic heterocycles. The van der Waals surface area contributed by atoms with Crippen LogP contribution in [0.15, 0.2) is 12.2 Å². The predicted octanol–water partition coefficient (Wildman–Crippen LogP) is 0.742. The first-order valence-corrected chi connectivity index (χ1v) is 6.43. The number of nitrogens with zero attached hydrogens (tertiary/aromatic N) is 1. The highest BCUT2D eigenvalue weighted by atomic mass is 16.6. The zero-order chi connectivity index (χ0) is 13.3. The SMILES string of the molecule is CC(C)(C)OC(=O)N1CC(O)C(C2C=CCN2)C1. The number of hydrogen-bond donors (Lipinski definition) is 2. The maximum Gasteiger partial charge on any atom is 0.410 e. The number of ether oxygens (including phenoxy) is 1. The molecule has 0 bridgehead atoms. The molecule has 5 heteroatoms. The van der Waals surface area contributed by atoms with Gasteiger partial charge in [0.15, 0.2) is 0 Å². The predicted molar refractivity (Wildman–Crippen MR) is 68.2 cm³/mol. The van der Waals surface area contributed by atoms with Gasteiger partial charge in [0.1, 0.15) is 5.60 Å². The number of likely N-dealkylation sites (tertiary alicyclic amines) is 1. The molecule has 2 aliphatic rings. The molecule has 2 N–H and O–H groups in total. The molecular formula is C13H22N2O3. The Kier molecular flexibility index (Phi) is 3.64. The van der Waals surface area contributed by atoms with E-state index in [1.807, 2.05) is 26.8 Å². The number of carbonyl (C=O) groups is 1. The van der Waals surface area contributed by atoms with Crippen LogP contribution in [-0.4, -0.2) is 53.5 Å². The van der Waals surface area contributed by atoms with E-state index in [-0.39, 0.29) is 18.1 Å². The van der Waals surface area contributed by atoms with Crippen LogP contribution in [0.2, 0.25) is 0 Å². The Labute approximate surface area is 108 Å². The first kappa shape index (κ1) is 13.4. The minimum atomic E-state index is -0.494. The Hall–Kier alpha value is -1.07. The number of rotatable bonds is 1. The molecule has 5 nitrogen and oxygen atoms in total. The molecule has 1 fully saturated rings. The van der Waals surface area contributed by atoms with E-state index in [2.05, 4.69) is 11.4 Å². The second-order valence-electron chi connectivity index (χ2n) is 5.98. The normalized spacial score (nSPS) is 32.0. The fourth-order valence-corrected chi connectivity index (χ4v) is 2.42. The first-order valence-electron chi connectivity index (χ1n) is 6.43. The van der Waals surface area contributed by atoms with Crippen LogP contribution in [-0.2, 0) is 4.74 Å². The Bertz CT molecular complexity index is 349. The maximum atomic E-state index is 11.9. The van der Waals surface area contributed by atoms with Crippen molar-refractivity contribution in [1.29, 1.82) is 0 Å². The van der Waals surface area contributed by atoms with Crippen LogP contribution in [0.25, 0.3) is 0 Å². The molecule has 1 amide bonds. The minimum Gasteiger partial charge on any atom is -0.444 e. The second kappa shape index (κ2) is 4.90. The van der Waals surface area contributed by atoms with E-state index in [1.165, 1.54) is 0 Å². The summed E-state index contributed by atoms with van der Waals surface area (Å²) in [7, 11) is 0. The van der Waals surface area contributed by atoms with Gasteiger partial charge < -0.3 is 20.1 Å². The third-order valence-electron chi connectivity index (χ3n) is 3.26. The standard InChI is InChI=1S/C13H22N2O3/c1-13(2,3)18-12(17)15-7-9(11(16)8-15)10-5-4-6-14-10/h4-5,9-11,14,16H,6-8H2,1-3H3. The van der Waals surface area contributed by atoms with Crippen molar-refractivity contribution in [1.82, 2.24) is 10.2 Å². The maximum absolute atomic E-state index is 11.9. The van der Waals surface area contributed by atoms with Crippen molar-refractivity contribution in [3.63, 3.8) is 0 Å². The molecule has 18 heavy (non-hydrogen) atoms. The zero-order valence-corrected chi connectivity index (χ0v) is 11.2. The van der Waals surface area contributed by atoms with Gasteiger partial charge in [-0.2, -0.15) is 0 Å². The van der Waals surface area contributed by atoms with Crippen molar-refractivity contribution in [2.75, 3.05) is 19.6 Å². The number of carbonyl (C=O) groups excluding carboxylic acids is 1. The van der Waals surface area contributed by atoms with Crippen molar-refractivity contribution in [2.24, 2.45) is 5.92 Å². The molecule has 2 aliphatic heterocycles. The van der Waals surface area contributed by atoms with Crippen molar-refractivity contribution in [3.05, 3.63) is 12.2 Å². The molecular weight excluding hydrogens is 232 g/mol. The van der Waals surface area contributed by atoms with Crippen LogP contribution < -0.4 is 5.32 Å². The van der Waals surface area contributed by atoms with Gasteiger partial charge in [-0.05, 0) is 20.8 Å². The Morgan fingerprint density at radius 1 is 1.44 bits per heavy atom. The fourth-order valence-electron chi connectivity index (χ4n) is 2.42. The number of amides is 1. The van der Waals surface area contributed by atoms with Gasteiger partial charge in [-0.15, -0.1) is 0 Å². The van der Waals surface area contributed by atoms with Gasteiger partial charge in [0.25, 0.3) is 0 Å². The number of hydrogen-bond acceptors (Lipinski definition) is 4. The molecule has 2 rings (SSSR count). The lowest BCUT2D eigenvalue weighted by Crippen LogP contribution is -2.38. The molecule has 0 aromatic carbocycles. The van der Waals surface area contributed by atoms with E-state index in [9.17, 15) is 9.90 Å². The Balaban J connectivity index is 1.93. The van der Waals surface area contributed by atoms with Crippen molar-refractivity contribution >= 4 is 6.09 Å². The summed E-state index contributed by atoms with van der Waals surface area (Å²) >= 11 is 0. The van der Waals surface area contributed by atoms with E-state index in [1.54, 1.807) is 4.90 Å². The van der Waals surface area contributed by atoms with E-state index in [0.717, 1.165) is 6.54 Å². The van der Waals surface area contributed by atoms with Gasteiger partial charge in [-0.25, -0.2) is 4.79 Å². The van der Waals surface area contributed by atoms with E-state index in [4.69, 9.17) is 4.74 Å². The van der Waals surface area contributed by atoms with Gasteiger partial charge in [-0.3, -0.25) is 0 Å². The zero-order valence-electron chi connectivity index (χ0n) is 11.2. The highest BCUT2D eigenvalue weighted by Crippen LogP contribution is 2.24.